The number of ether oxygens (including phenoxy) is 1. The Morgan fingerprint density at radius 3 is 2.70 bits per heavy atom. The van der Waals surface area contributed by atoms with Crippen LogP contribution < -0.4 is 11.1 Å². The summed E-state index contributed by atoms with van der Waals surface area (Å²) in [5, 5.41) is 3.25. The fourth-order valence-electron chi connectivity index (χ4n) is 2.13. The first-order valence-electron chi connectivity index (χ1n) is 7.12. The smallest absolute Gasteiger partial charge is 0.308 e. The van der Waals surface area contributed by atoms with Crippen LogP contribution in [0.15, 0.2) is 36.5 Å². The van der Waals surface area contributed by atoms with Gasteiger partial charge in [0.2, 0.25) is 5.91 Å². The van der Waals surface area contributed by atoms with Crippen molar-refractivity contribution in [1.29, 1.82) is 0 Å². The largest absolute Gasteiger partial charge is 0.466 e. The predicted octanol–water partition coefficient (Wildman–Crippen LogP) is 0.772. The minimum Gasteiger partial charge on any atom is -0.466 e. The van der Waals surface area contributed by atoms with Crippen LogP contribution in [0.3, 0.4) is 0 Å². The van der Waals surface area contributed by atoms with Gasteiger partial charge < -0.3 is 15.8 Å². The van der Waals surface area contributed by atoms with E-state index in [0.29, 0.717) is 11.1 Å². The Morgan fingerprint density at radius 2 is 2.00 bits per heavy atom. The van der Waals surface area contributed by atoms with Gasteiger partial charge in [0.15, 0.2) is 0 Å². The van der Waals surface area contributed by atoms with Crippen LogP contribution in [0.25, 0.3) is 10.9 Å². The molecule has 1 aromatic carbocycles. The third-order valence-electron chi connectivity index (χ3n) is 3.20. The van der Waals surface area contributed by atoms with E-state index in [4.69, 9.17) is 10.5 Å². The molecule has 1 atom stereocenters. The number of aromatic nitrogens is 1. The Morgan fingerprint density at radius 1 is 1.26 bits per heavy atom. The monoisotopic (exact) mass is 315 g/mol. The summed E-state index contributed by atoms with van der Waals surface area (Å²) in [6.45, 7) is 1.84. The summed E-state index contributed by atoms with van der Waals surface area (Å²) in [5.41, 5.74) is 6.05. The molecular weight excluding hydrogens is 298 g/mol. The normalized spacial score (nSPS) is 11.7. The number of hydrogen-bond donors (Lipinski definition) is 2. The van der Waals surface area contributed by atoms with E-state index in [1.54, 1.807) is 31.3 Å². The second-order valence-electron chi connectivity index (χ2n) is 4.82. The molecule has 0 radical (unpaired) electrons. The lowest BCUT2D eigenvalue weighted by molar-refractivity contribution is -0.145. The van der Waals surface area contributed by atoms with Crippen molar-refractivity contribution >= 4 is 28.7 Å². The van der Waals surface area contributed by atoms with Gasteiger partial charge in [0.1, 0.15) is 6.04 Å². The van der Waals surface area contributed by atoms with E-state index < -0.39 is 23.8 Å². The number of esters is 1. The van der Waals surface area contributed by atoms with Crippen LogP contribution in [0.4, 0.5) is 0 Å². The van der Waals surface area contributed by atoms with E-state index in [1.807, 2.05) is 12.1 Å². The van der Waals surface area contributed by atoms with Gasteiger partial charge in [-0.25, -0.2) is 0 Å². The molecule has 2 amide bonds. The third kappa shape index (κ3) is 4.03. The predicted molar refractivity (Wildman–Crippen MR) is 83.4 cm³/mol. The van der Waals surface area contributed by atoms with E-state index in [0.717, 1.165) is 5.39 Å². The van der Waals surface area contributed by atoms with Crippen molar-refractivity contribution in [2.45, 2.75) is 19.4 Å². The lowest BCUT2D eigenvalue weighted by Crippen LogP contribution is -2.46. The minimum atomic E-state index is -1.14. The molecule has 1 aromatic heterocycles. The number of nitrogens with two attached hydrogens (primary N) is 1. The molecule has 0 aliphatic carbocycles. The van der Waals surface area contributed by atoms with E-state index in [9.17, 15) is 14.4 Å². The number of benzene rings is 1. The van der Waals surface area contributed by atoms with E-state index >= 15 is 0 Å². The Labute approximate surface area is 132 Å². The van der Waals surface area contributed by atoms with Gasteiger partial charge in [0, 0.05) is 11.6 Å². The molecule has 0 aliphatic rings. The molecule has 23 heavy (non-hydrogen) atoms. The number of nitrogens with one attached hydrogen (secondary N) is 1. The second-order valence-corrected chi connectivity index (χ2v) is 4.82. The average molecular weight is 315 g/mol. The number of hydrogen-bond acceptors (Lipinski definition) is 5. The molecule has 0 aliphatic heterocycles. The summed E-state index contributed by atoms with van der Waals surface area (Å²) in [6, 6.07) is 7.57. The summed E-state index contributed by atoms with van der Waals surface area (Å²) >= 11 is 0. The van der Waals surface area contributed by atoms with Gasteiger partial charge in [-0.3, -0.25) is 19.4 Å². The van der Waals surface area contributed by atoms with Crippen LogP contribution in [-0.2, 0) is 14.3 Å². The number of amides is 2. The van der Waals surface area contributed by atoms with Crippen molar-refractivity contribution in [3.63, 3.8) is 0 Å². The van der Waals surface area contributed by atoms with Gasteiger partial charge in [-0.2, -0.15) is 0 Å². The first kappa shape index (κ1) is 16.4. The maximum Gasteiger partial charge on any atom is 0.308 e. The number of fused-ring (bicyclic) bond motifs is 1. The number of para-hydroxylation sites is 1. The van der Waals surface area contributed by atoms with Gasteiger partial charge >= 0.3 is 5.97 Å². The van der Waals surface area contributed by atoms with Gasteiger partial charge in [0.25, 0.3) is 5.91 Å². The molecule has 0 bridgehead atoms. The Hall–Kier alpha value is -2.96. The lowest BCUT2D eigenvalue weighted by atomic mass is 10.1. The van der Waals surface area contributed by atoms with Crippen molar-refractivity contribution in [2.75, 3.05) is 6.61 Å². The summed E-state index contributed by atoms with van der Waals surface area (Å²) in [5.74, 6) is -1.94. The van der Waals surface area contributed by atoms with Crippen molar-refractivity contribution < 1.29 is 19.1 Å². The minimum absolute atomic E-state index is 0.186. The molecule has 2 aromatic rings. The number of carbonyl (C=O) groups excluding carboxylic acids is 3. The molecule has 0 fully saturated rings. The van der Waals surface area contributed by atoms with Crippen molar-refractivity contribution in [3.8, 4) is 0 Å². The van der Waals surface area contributed by atoms with Gasteiger partial charge in [-0.1, -0.05) is 18.2 Å². The molecule has 7 heteroatoms. The fourth-order valence-corrected chi connectivity index (χ4v) is 2.13. The van der Waals surface area contributed by atoms with Gasteiger partial charge in [-0.15, -0.1) is 0 Å². The highest BCUT2D eigenvalue weighted by atomic mass is 16.5. The third-order valence-corrected chi connectivity index (χ3v) is 3.20. The number of pyridine rings is 1. The SMILES string of the molecule is CCOC(=O)C[C@@H](NC(=O)c1cccc2cccnc12)C(N)=O. The molecular formula is C16H17N3O4. The molecule has 7 nitrogen and oxygen atoms in total. The second kappa shape index (κ2) is 7.35. The molecule has 1 heterocycles. The van der Waals surface area contributed by atoms with Crippen LogP contribution in [-0.4, -0.2) is 35.4 Å². The topological polar surface area (TPSA) is 111 Å². The molecule has 0 spiro atoms. The highest BCUT2D eigenvalue weighted by Gasteiger charge is 2.23. The maximum absolute atomic E-state index is 12.4. The number of primary amides is 1. The summed E-state index contributed by atoms with van der Waals surface area (Å²) in [7, 11) is 0. The zero-order valence-electron chi connectivity index (χ0n) is 12.6. The number of rotatable bonds is 6. The zero-order valence-corrected chi connectivity index (χ0v) is 12.6. The molecule has 0 saturated heterocycles. The summed E-state index contributed by atoms with van der Waals surface area (Å²) in [6.07, 6.45) is 1.26. The fraction of sp³-hybridized carbons (Fsp3) is 0.250. The van der Waals surface area contributed by atoms with Crippen molar-refractivity contribution in [1.82, 2.24) is 10.3 Å². The van der Waals surface area contributed by atoms with Crippen LogP contribution in [0.5, 0.6) is 0 Å². The average Bonchev–Trinajstić information content (AvgIpc) is 2.53. The van der Waals surface area contributed by atoms with Crippen LogP contribution >= 0.6 is 0 Å². The zero-order chi connectivity index (χ0) is 16.8. The van der Waals surface area contributed by atoms with Crippen LogP contribution in [0, 0.1) is 0 Å². The van der Waals surface area contributed by atoms with E-state index in [-0.39, 0.29) is 13.0 Å². The van der Waals surface area contributed by atoms with Crippen LogP contribution in [0.2, 0.25) is 0 Å². The molecule has 0 unspecified atom stereocenters. The molecule has 120 valence electrons. The molecule has 3 N–H and O–H groups in total. The lowest BCUT2D eigenvalue weighted by Gasteiger charge is -2.15. The Balaban J connectivity index is 2.21. The van der Waals surface area contributed by atoms with Crippen molar-refractivity contribution in [3.05, 3.63) is 42.1 Å². The summed E-state index contributed by atoms with van der Waals surface area (Å²) in [4.78, 5) is 39.5. The number of carbonyl (C=O) groups is 3. The Kier molecular flexibility index (Phi) is 5.24. The van der Waals surface area contributed by atoms with E-state index in [1.165, 1.54) is 0 Å². The first-order chi connectivity index (χ1) is 11.0. The van der Waals surface area contributed by atoms with Crippen molar-refractivity contribution in [2.24, 2.45) is 5.73 Å². The molecule has 0 saturated carbocycles. The van der Waals surface area contributed by atoms with Gasteiger partial charge in [-0.05, 0) is 19.1 Å². The summed E-state index contributed by atoms with van der Waals surface area (Å²) < 4.78 is 4.77. The highest BCUT2D eigenvalue weighted by molar-refractivity contribution is 6.06. The standard InChI is InChI=1S/C16H17N3O4/c1-2-23-13(20)9-12(15(17)21)19-16(22)11-7-3-5-10-6-4-8-18-14(10)11/h3-8,12H,2,9H2,1H3,(H2,17,21)(H,19,22)/t12-/m1/s1. The highest BCUT2D eigenvalue weighted by Crippen LogP contribution is 2.16. The van der Waals surface area contributed by atoms with Crippen LogP contribution in [0.1, 0.15) is 23.7 Å². The number of nitrogens with zero attached hydrogens (tertiary/aromatic N) is 1. The van der Waals surface area contributed by atoms with E-state index in [2.05, 4.69) is 10.3 Å². The van der Waals surface area contributed by atoms with Gasteiger partial charge in [0.05, 0.1) is 24.1 Å². The molecule has 2 rings (SSSR count). The quantitative estimate of drug-likeness (QED) is 0.765. The Bertz CT molecular complexity index is 740. The maximum atomic E-state index is 12.4. The first-order valence-corrected chi connectivity index (χ1v) is 7.12.